The number of ether oxygens (including phenoxy) is 1. The molecule has 6 nitrogen and oxygen atoms in total. The van der Waals surface area contributed by atoms with Gasteiger partial charge in [0.05, 0.1) is 24.5 Å². The van der Waals surface area contributed by atoms with E-state index in [0.29, 0.717) is 19.1 Å². The van der Waals surface area contributed by atoms with Gasteiger partial charge < -0.3 is 15.8 Å². The Bertz CT molecular complexity index is 919. The number of para-hydroxylation sites is 2. The SMILES string of the molecule is NC(=NCCc1cnn(-c2ccccc2)c1)NC1CCOc2ccccc21. The third kappa shape index (κ3) is 4.11. The average molecular weight is 361 g/mol. The Hall–Kier alpha value is -3.28. The Balaban J connectivity index is 1.34. The van der Waals surface area contributed by atoms with Crippen LogP contribution < -0.4 is 15.8 Å². The topological polar surface area (TPSA) is 77.5 Å². The van der Waals surface area contributed by atoms with Gasteiger partial charge in [0.15, 0.2) is 5.96 Å². The lowest BCUT2D eigenvalue weighted by Crippen LogP contribution is -2.37. The number of fused-ring (bicyclic) bond motifs is 1. The number of benzene rings is 2. The molecule has 4 rings (SSSR count). The van der Waals surface area contributed by atoms with E-state index in [1.54, 1.807) is 0 Å². The molecule has 0 radical (unpaired) electrons. The molecule has 1 aliphatic heterocycles. The highest BCUT2D eigenvalue weighted by molar-refractivity contribution is 5.78. The van der Waals surface area contributed by atoms with E-state index in [0.717, 1.165) is 35.4 Å². The zero-order valence-electron chi connectivity index (χ0n) is 15.1. The minimum Gasteiger partial charge on any atom is -0.493 e. The van der Waals surface area contributed by atoms with Crippen molar-refractivity contribution in [1.82, 2.24) is 15.1 Å². The zero-order valence-corrected chi connectivity index (χ0v) is 15.1. The molecule has 3 N–H and O–H groups in total. The third-order valence-corrected chi connectivity index (χ3v) is 4.62. The lowest BCUT2D eigenvalue weighted by molar-refractivity contribution is 0.262. The lowest BCUT2D eigenvalue weighted by atomic mass is 10.0. The third-order valence-electron chi connectivity index (χ3n) is 4.62. The molecule has 0 saturated heterocycles. The zero-order chi connectivity index (χ0) is 18.5. The van der Waals surface area contributed by atoms with E-state index in [4.69, 9.17) is 10.5 Å². The van der Waals surface area contributed by atoms with Gasteiger partial charge in [0.2, 0.25) is 0 Å². The summed E-state index contributed by atoms with van der Waals surface area (Å²) in [5.74, 6) is 1.38. The molecule has 0 spiro atoms. The summed E-state index contributed by atoms with van der Waals surface area (Å²) in [6.07, 6.45) is 5.57. The highest BCUT2D eigenvalue weighted by Gasteiger charge is 2.21. The molecule has 0 amide bonds. The summed E-state index contributed by atoms with van der Waals surface area (Å²) in [5.41, 5.74) is 9.41. The standard InChI is InChI=1S/C21H23N5O/c22-21(25-19-11-13-27-20-9-5-4-8-18(19)20)23-12-10-16-14-24-26(15-16)17-6-2-1-3-7-17/h1-9,14-15,19H,10-13H2,(H3,22,23,25). The van der Waals surface area contributed by atoms with Gasteiger partial charge in [-0.3, -0.25) is 4.99 Å². The molecule has 1 atom stereocenters. The number of guanidine groups is 1. The number of aliphatic imine (C=N–C) groups is 1. The van der Waals surface area contributed by atoms with Crippen molar-refractivity contribution in [3.05, 3.63) is 78.1 Å². The molecule has 3 aromatic rings. The van der Waals surface area contributed by atoms with E-state index >= 15 is 0 Å². The first-order valence-corrected chi connectivity index (χ1v) is 9.17. The highest BCUT2D eigenvalue weighted by Crippen LogP contribution is 2.31. The maximum atomic E-state index is 6.10. The van der Waals surface area contributed by atoms with E-state index < -0.39 is 0 Å². The maximum Gasteiger partial charge on any atom is 0.189 e. The number of rotatable bonds is 5. The molecule has 6 heteroatoms. The quantitative estimate of drug-likeness (QED) is 0.541. The van der Waals surface area contributed by atoms with Crippen molar-refractivity contribution < 1.29 is 4.74 Å². The van der Waals surface area contributed by atoms with Gasteiger partial charge in [0.25, 0.3) is 0 Å². The molecule has 138 valence electrons. The van der Waals surface area contributed by atoms with Crippen molar-refractivity contribution in [3.8, 4) is 11.4 Å². The Kier molecular flexibility index (Phi) is 5.05. The lowest BCUT2D eigenvalue weighted by Gasteiger charge is -2.26. The summed E-state index contributed by atoms with van der Waals surface area (Å²) in [7, 11) is 0. The van der Waals surface area contributed by atoms with Gasteiger partial charge in [-0.25, -0.2) is 4.68 Å². The highest BCUT2D eigenvalue weighted by atomic mass is 16.5. The molecule has 1 aliphatic rings. The van der Waals surface area contributed by atoms with Crippen molar-refractivity contribution in [3.63, 3.8) is 0 Å². The molecule has 0 fully saturated rings. The van der Waals surface area contributed by atoms with Gasteiger partial charge in [-0.1, -0.05) is 36.4 Å². The van der Waals surface area contributed by atoms with Crippen molar-refractivity contribution in [2.75, 3.05) is 13.2 Å². The molecule has 2 heterocycles. The van der Waals surface area contributed by atoms with Gasteiger partial charge in [0.1, 0.15) is 5.75 Å². The minimum atomic E-state index is 0.138. The second kappa shape index (κ2) is 7.95. The summed E-state index contributed by atoms with van der Waals surface area (Å²) < 4.78 is 7.56. The van der Waals surface area contributed by atoms with Crippen molar-refractivity contribution in [2.45, 2.75) is 18.9 Å². The molecular weight excluding hydrogens is 338 g/mol. The Morgan fingerprint density at radius 2 is 2.00 bits per heavy atom. The number of aromatic nitrogens is 2. The van der Waals surface area contributed by atoms with Crippen LogP contribution >= 0.6 is 0 Å². The van der Waals surface area contributed by atoms with E-state index in [9.17, 15) is 0 Å². The van der Waals surface area contributed by atoms with Gasteiger partial charge in [-0.05, 0) is 30.2 Å². The number of hydrogen-bond donors (Lipinski definition) is 2. The minimum absolute atomic E-state index is 0.138. The van der Waals surface area contributed by atoms with Crippen LogP contribution in [0.5, 0.6) is 5.75 Å². The second-order valence-corrected chi connectivity index (χ2v) is 6.52. The van der Waals surface area contributed by atoms with Gasteiger partial charge in [-0.15, -0.1) is 0 Å². The van der Waals surface area contributed by atoms with E-state index in [1.807, 2.05) is 65.6 Å². The fourth-order valence-electron chi connectivity index (χ4n) is 3.23. The monoisotopic (exact) mass is 361 g/mol. The first kappa shape index (κ1) is 17.1. The number of nitrogens with one attached hydrogen (secondary N) is 1. The summed E-state index contributed by atoms with van der Waals surface area (Å²) >= 11 is 0. The summed E-state index contributed by atoms with van der Waals surface area (Å²) in [6.45, 7) is 1.30. The predicted octanol–water partition coefficient (Wildman–Crippen LogP) is 2.84. The van der Waals surface area contributed by atoms with Crippen molar-refractivity contribution in [2.24, 2.45) is 10.7 Å². The van der Waals surface area contributed by atoms with Crippen LogP contribution in [0.1, 0.15) is 23.6 Å². The van der Waals surface area contributed by atoms with Gasteiger partial charge >= 0.3 is 0 Å². The summed E-state index contributed by atoms with van der Waals surface area (Å²) in [6, 6.07) is 18.2. The van der Waals surface area contributed by atoms with Gasteiger partial charge in [0, 0.05) is 24.7 Å². The molecule has 0 bridgehead atoms. The largest absolute Gasteiger partial charge is 0.493 e. The van der Waals surface area contributed by atoms with Crippen LogP contribution in [0.2, 0.25) is 0 Å². The Morgan fingerprint density at radius 3 is 2.89 bits per heavy atom. The molecule has 27 heavy (non-hydrogen) atoms. The second-order valence-electron chi connectivity index (χ2n) is 6.52. The van der Waals surface area contributed by atoms with E-state index in [2.05, 4.69) is 21.5 Å². The van der Waals surface area contributed by atoms with E-state index in [-0.39, 0.29) is 6.04 Å². The molecular formula is C21H23N5O. The average Bonchev–Trinajstić information content (AvgIpc) is 3.18. The number of nitrogens with two attached hydrogens (primary N) is 1. The number of nitrogens with zero attached hydrogens (tertiary/aromatic N) is 3. The summed E-state index contributed by atoms with van der Waals surface area (Å²) in [4.78, 5) is 4.47. The summed E-state index contributed by atoms with van der Waals surface area (Å²) in [5, 5.41) is 7.73. The normalized spacial score (nSPS) is 16.4. The maximum absolute atomic E-state index is 6.10. The van der Waals surface area contributed by atoms with Crippen molar-refractivity contribution in [1.29, 1.82) is 0 Å². The van der Waals surface area contributed by atoms with Crippen molar-refractivity contribution >= 4 is 5.96 Å². The Morgan fingerprint density at radius 1 is 1.19 bits per heavy atom. The predicted molar refractivity (Wildman–Crippen MR) is 106 cm³/mol. The molecule has 1 unspecified atom stereocenters. The van der Waals surface area contributed by atoms with Crippen LogP contribution in [-0.4, -0.2) is 28.9 Å². The fourth-order valence-corrected chi connectivity index (χ4v) is 3.23. The fraction of sp³-hybridized carbons (Fsp3) is 0.238. The molecule has 1 aromatic heterocycles. The van der Waals surface area contributed by atoms with Crippen LogP contribution in [0.15, 0.2) is 72.0 Å². The first-order valence-electron chi connectivity index (χ1n) is 9.17. The molecule has 0 saturated carbocycles. The molecule has 2 aromatic carbocycles. The van der Waals surface area contributed by atoms with Crippen LogP contribution in [-0.2, 0) is 6.42 Å². The first-order chi connectivity index (χ1) is 13.3. The molecule has 0 aliphatic carbocycles. The van der Waals surface area contributed by atoms with Crippen LogP contribution in [0, 0.1) is 0 Å². The number of hydrogen-bond acceptors (Lipinski definition) is 3. The van der Waals surface area contributed by atoms with E-state index in [1.165, 1.54) is 0 Å². The van der Waals surface area contributed by atoms with Crippen LogP contribution in [0.4, 0.5) is 0 Å². The smallest absolute Gasteiger partial charge is 0.189 e. The Labute approximate surface area is 158 Å². The van der Waals surface area contributed by atoms with Crippen LogP contribution in [0.25, 0.3) is 5.69 Å². The van der Waals surface area contributed by atoms with Crippen LogP contribution in [0.3, 0.4) is 0 Å². The van der Waals surface area contributed by atoms with Gasteiger partial charge in [-0.2, -0.15) is 5.10 Å².